The van der Waals surface area contributed by atoms with Crippen LogP contribution in [0.1, 0.15) is 54.7 Å². The van der Waals surface area contributed by atoms with Crippen LogP contribution in [0, 0.1) is 5.92 Å². The van der Waals surface area contributed by atoms with Crippen LogP contribution in [0.4, 0.5) is 0 Å². The first-order valence-electron chi connectivity index (χ1n) is 9.45. The zero-order valence-corrected chi connectivity index (χ0v) is 16.3. The maximum absolute atomic E-state index is 11.7. The number of rotatable bonds is 12. The molecule has 140 valence electrons. The van der Waals surface area contributed by atoms with Crippen molar-refractivity contribution in [3.63, 3.8) is 0 Å². The van der Waals surface area contributed by atoms with Gasteiger partial charge in [-0.25, -0.2) is 0 Å². The van der Waals surface area contributed by atoms with Gasteiger partial charge in [0, 0.05) is 13.0 Å². The lowest BCUT2D eigenvalue weighted by Crippen LogP contribution is -2.37. The van der Waals surface area contributed by atoms with Crippen molar-refractivity contribution in [3.05, 3.63) is 0 Å². The molecular formula is C17H33NO5Si. The third kappa shape index (κ3) is 7.19. The van der Waals surface area contributed by atoms with Gasteiger partial charge in [-0.2, -0.15) is 0 Å². The van der Waals surface area contributed by atoms with E-state index in [4.69, 9.17) is 15.3 Å². The molecule has 2 radical (unpaired) electrons. The van der Waals surface area contributed by atoms with Crippen molar-refractivity contribution in [1.29, 1.82) is 0 Å². The van der Waals surface area contributed by atoms with Gasteiger partial charge in [-0.05, 0) is 31.7 Å². The molecule has 1 aliphatic heterocycles. The average molecular weight is 362 g/mol. The molecule has 0 aromatic rings. The molecule has 7 heteroatoms. The minimum atomic E-state index is -1.12. The summed E-state index contributed by atoms with van der Waals surface area (Å²) in [7, 11) is 0.436. The Bertz CT molecular complexity index is 403. The molecule has 0 bridgehead atoms. The van der Waals surface area contributed by atoms with Crippen molar-refractivity contribution in [2.75, 3.05) is 19.7 Å². The molecule has 6 nitrogen and oxygen atoms in total. The summed E-state index contributed by atoms with van der Waals surface area (Å²) >= 11 is 0. The normalized spacial score (nSPS) is 28.2. The molecule has 2 N–H and O–H groups in total. The zero-order chi connectivity index (χ0) is 18.9. The first-order valence-corrected chi connectivity index (χ1v) is 9.98. The predicted octanol–water partition coefficient (Wildman–Crippen LogP) is 1.89. The van der Waals surface area contributed by atoms with Crippen LogP contribution in [0.2, 0.25) is 6.04 Å². The Balaban J connectivity index is 2.08. The fraction of sp³-hybridized carbons (Fsp3) is 0.941. The second kappa shape index (κ2) is 11.2. The number of hydrogen-bond acceptors (Lipinski definition) is 5. The summed E-state index contributed by atoms with van der Waals surface area (Å²) in [4.78, 5) is 11.7. The van der Waals surface area contributed by atoms with Gasteiger partial charge in [0.25, 0.3) is 0 Å². The van der Waals surface area contributed by atoms with E-state index in [0.717, 1.165) is 25.3 Å². The quantitative estimate of drug-likeness (QED) is 0.410. The van der Waals surface area contributed by atoms with Gasteiger partial charge in [-0.15, -0.1) is 0 Å². The summed E-state index contributed by atoms with van der Waals surface area (Å²) in [6.07, 6.45) is 1.52. The van der Waals surface area contributed by atoms with Gasteiger partial charge in [-0.3, -0.25) is 4.79 Å². The highest BCUT2D eigenvalue weighted by molar-refractivity contribution is 6.27. The van der Waals surface area contributed by atoms with E-state index in [-0.39, 0.29) is 24.5 Å². The van der Waals surface area contributed by atoms with E-state index in [9.17, 15) is 9.90 Å². The molecule has 5 atom stereocenters. The fourth-order valence-electron chi connectivity index (χ4n) is 2.39. The van der Waals surface area contributed by atoms with Gasteiger partial charge in [0.05, 0.1) is 13.6 Å². The van der Waals surface area contributed by atoms with E-state index in [1.165, 1.54) is 0 Å². The lowest BCUT2D eigenvalue weighted by molar-refractivity contribution is -0.143. The molecule has 0 aromatic heterocycles. The summed E-state index contributed by atoms with van der Waals surface area (Å²) in [6, 6.07) is 0.920. The third-order valence-corrected chi connectivity index (χ3v) is 5.92. The maximum atomic E-state index is 11.7. The molecule has 5 unspecified atom stereocenters. The third-order valence-electron chi connectivity index (χ3n) is 4.75. The fourth-order valence-corrected chi connectivity index (χ4v) is 3.49. The molecule has 1 aliphatic rings. The second-order valence-corrected chi connectivity index (χ2v) is 7.45. The molecule has 1 rings (SSSR count). The highest BCUT2D eigenvalue weighted by Crippen LogP contribution is 2.27. The Labute approximate surface area is 150 Å². The summed E-state index contributed by atoms with van der Waals surface area (Å²) in [6.45, 7) is 8.41. The molecule has 0 aromatic carbocycles. The number of hydrogen-bond donors (Lipinski definition) is 2. The summed E-state index contributed by atoms with van der Waals surface area (Å²) < 4.78 is 23.6. The molecule has 1 saturated heterocycles. The van der Waals surface area contributed by atoms with E-state index in [2.05, 4.69) is 33.0 Å². The topological polar surface area (TPSA) is 77.0 Å². The smallest absolute Gasteiger partial charge is 0.246 e. The summed E-state index contributed by atoms with van der Waals surface area (Å²) in [5.41, 5.74) is -0.0653. The summed E-state index contributed by atoms with van der Waals surface area (Å²) in [5.74, 6) is 0.308. The van der Waals surface area contributed by atoms with Crippen LogP contribution < -0.4 is 5.32 Å². The highest BCUT2D eigenvalue weighted by atomic mass is 28.2. The first kappa shape index (κ1) is 19.8. The molecule has 0 aliphatic carbocycles. The highest BCUT2D eigenvalue weighted by Gasteiger charge is 2.29. The van der Waals surface area contributed by atoms with E-state index in [1.807, 2.05) is 0 Å². The van der Waals surface area contributed by atoms with Crippen molar-refractivity contribution in [2.45, 2.75) is 77.4 Å². The van der Waals surface area contributed by atoms with Crippen molar-refractivity contribution in [3.8, 4) is 0 Å². The number of aliphatic hydroxyl groups excluding tert-OH is 1. The lowest BCUT2D eigenvalue weighted by atomic mass is 9.87. The van der Waals surface area contributed by atoms with Gasteiger partial charge in [0.2, 0.25) is 15.7 Å². The molecule has 1 fully saturated rings. The number of carbonyl (C=O) groups excluding carboxylic acids is 1. The van der Waals surface area contributed by atoms with Crippen LogP contribution in [0.25, 0.3) is 0 Å². The Kier molecular flexibility index (Phi) is 9.26. The Morgan fingerprint density at radius 2 is 2.33 bits per heavy atom. The Morgan fingerprint density at radius 1 is 1.58 bits per heavy atom. The van der Waals surface area contributed by atoms with E-state index in [1.54, 1.807) is 0 Å². The van der Waals surface area contributed by atoms with Crippen LogP contribution in [0.5, 0.6) is 0 Å². The summed E-state index contributed by atoms with van der Waals surface area (Å²) in [5, 5.41) is 12.3. The van der Waals surface area contributed by atoms with Crippen LogP contribution in [0.15, 0.2) is 0 Å². The van der Waals surface area contributed by atoms with Crippen molar-refractivity contribution < 1.29 is 25.2 Å². The Morgan fingerprint density at radius 3 is 2.92 bits per heavy atom. The van der Waals surface area contributed by atoms with Crippen LogP contribution in [-0.4, -0.2) is 58.5 Å². The predicted molar refractivity (Wildman–Crippen MR) is 93.7 cm³/mol. The molecule has 0 saturated carbocycles. The van der Waals surface area contributed by atoms with E-state index < -0.39 is 19.0 Å². The van der Waals surface area contributed by atoms with Crippen LogP contribution in [0.3, 0.4) is 0 Å². The standard InChI is InChI=1S/C17H33NO5Si/c1-5-13(3)17(4,6-2)23-24-11-7-9-18-15(19)12-22-14-8-10-21-16(14)20/h13-14,16,20H,5-12H2,1-4H3,(H,18,19)/i10T. The van der Waals surface area contributed by atoms with Crippen LogP contribution in [-0.2, 0) is 18.7 Å². The van der Waals surface area contributed by atoms with Crippen molar-refractivity contribution in [1.82, 2.24) is 5.32 Å². The van der Waals surface area contributed by atoms with Gasteiger partial charge < -0.3 is 24.3 Å². The van der Waals surface area contributed by atoms with Gasteiger partial charge in [-0.1, -0.05) is 27.2 Å². The molecule has 1 heterocycles. The average Bonchev–Trinajstić information content (AvgIpc) is 2.92. The number of amides is 1. The number of nitrogens with one attached hydrogen (secondary N) is 1. The monoisotopic (exact) mass is 361 g/mol. The van der Waals surface area contributed by atoms with Crippen molar-refractivity contribution >= 4 is 15.7 Å². The second-order valence-electron chi connectivity index (χ2n) is 6.45. The minimum Gasteiger partial charge on any atom is -0.412 e. The minimum absolute atomic E-state index is 0.0653. The van der Waals surface area contributed by atoms with Crippen LogP contribution >= 0.6 is 0 Å². The lowest BCUT2D eigenvalue weighted by Gasteiger charge is -2.34. The van der Waals surface area contributed by atoms with E-state index >= 15 is 0 Å². The SMILES string of the molecule is [3H]C1CC(OCC(=O)NCCC[Si]OC(C)(CC)C(C)CC)C(O)O1. The van der Waals surface area contributed by atoms with Crippen molar-refractivity contribution in [2.24, 2.45) is 5.92 Å². The molecule has 0 spiro atoms. The molecule has 1 amide bonds. The zero-order valence-electron chi connectivity index (χ0n) is 16.3. The maximum Gasteiger partial charge on any atom is 0.246 e. The first-order chi connectivity index (χ1) is 11.8. The molecule has 24 heavy (non-hydrogen) atoms. The number of carbonyl (C=O) groups is 1. The Hall–Kier alpha value is -0.473. The number of aliphatic hydroxyl groups is 1. The van der Waals surface area contributed by atoms with Gasteiger partial charge >= 0.3 is 0 Å². The molecular weight excluding hydrogens is 326 g/mol. The van der Waals surface area contributed by atoms with E-state index in [0.29, 0.717) is 22.2 Å². The largest absolute Gasteiger partial charge is 0.412 e. The number of ether oxygens (including phenoxy) is 2. The van der Waals surface area contributed by atoms with Gasteiger partial charge in [0.1, 0.15) is 12.7 Å². The van der Waals surface area contributed by atoms with Gasteiger partial charge in [0.15, 0.2) is 6.29 Å².